The Labute approximate surface area is 376 Å². The number of anilines is 3. The second-order valence-corrected chi connectivity index (χ2v) is 15.4. The van der Waals surface area contributed by atoms with Gasteiger partial charge < -0.3 is 33.3 Å². The van der Waals surface area contributed by atoms with Gasteiger partial charge in [0.25, 0.3) is 0 Å². The molecule has 0 spiro atoms. The van der Waals surface area contributed by atoms with E-state index in [0.717, 1.165) is 99.8 Å². The third-order valence-corrected chi connectivity index (χ3v) is 10.7. The van der Waals surface area contributed by atoms with E-state index in [4.69, 9.17) is 33.4 Å². The molecule has 0 atom stereocenters. The summed E-state index contributed by atoms with van der Waals surface area (Å²) in [6, 6.07) is 41.7. The van der Waals surface area contributed by atoms with E-state index in [9.17, 15) is 0 Å². The zero-order valence-corrected chi connectivity index (χ0v) is 38.3. The lowest BCUT2D eigenvalue weighted by molar-refractivity contribution is 0.305. The predicted molar refractivity (Wildman–Crippen MR) is 259 cm³/mol. The van der Waals surface area contributed by atoms with Crippen molar-refractivity contribution in [2.75, 3.05) is 44.5 Å². The molecule has 0 aliphatic heterocycles. The first-order valence-electron chi connectivity index (χ1n) is 23.2. The highest BCUT2D eigenvalue weighted by atomic mass is 16.5. The molecule has 0 saturated carbocycles. The minimum absolute atomic E-state index is 0.504. The molecule has 0 aliphatic carbocycles. The number of pyridine rings is 1. The Morgan fingerprint density at radius 1 is 0.365 bits per heavy atom. The van der Waals surface area contributed by atoms with E-state index in [1.165, 1.54) is 38.5 Å². The average Bonchev–Trinajstić information content (AvgIpc) is 3.31. The molecule has 0 saturated heterocycles. The van der Waals surface area contributed by atoms with Gasteiger partial charge >= 0.3 is 0 Å². The summed E-state index contributed by atoms with van der Waals surface area (Å²) in [5, 5.41) is 0. The lowest BCUT2D eigenvalue weighted by atomic mass is 9.98. The van der Waals surface area contributed by atoms with Crippen molar-refractivity contribution in [3.05, 3.63) is 121 Å². The van der Waals surface area contributed by atoms with Crippen LogP contribution in [0.3, 0.4) is 0 Å². The molecule has 6 aromatic rings. The number of rotatable bonds is 26. The zero-order valence-electron chi connectivity index (χ0n) is 38.3. The molecule has 0 amide bonds. The van der Waals surface area contributed by atoms with Crippen LogP contribution in [0.1, 0.15) is 92.9 Å². The first kappa shape index (κ1) is 46.4. The molecule has 0 N–H and O–H groups in total. The molecule has 0 bridgehead atoms. The van der Waals surface area contributed by atoms with Gasteiger partial charge in [0.15, 0.2) is 0 Å². The first-order chi connectivity index (χ1) is 31.0. The van der Waals surface area contributed by atoms with E-state index in [0.29, 0.717) is 37.9 Å². The van der Waals surface area contributed by atoms with Crippen LogP contribution in [0.4, 0.5) is 17.1 Å². The van der Waals surface area contributed by atoms with Crippen LogP contribution < -0.4 is 33.3 Å². The van der Waals surface area contributed by atoms with Gasteiger partial charge in [-0.05, 0) is 149 Å². The third kappa shape index (κ3) is 12.9. The summed E-state index contributed by atoms with van der Waals surface area (Å²) in [4.78, 5) is 7.54. The number of ether oxygens (including phenoxy) is 6. The maximum Gasteiger partial charge on any atom is 0.132 e. The van der Waals surface area contributed by atoms with Crippen LogP contribution in [0, 0.1) is 0 Å². The highest BCUT2D eigenvalue weighted by Crippen LogP contribution is 2.41. The molecule has 5 aromatic carbocycles. The summed E-state index contributed by atoms with van der Waals surface area (Å²) in [6.07, 6.45) is 9.37. The SMILES string of the molecule is CCCCCCOc1ccc(N(c2ccc(OCCCCCC)cc2)c2ccc(-c3cc(-c4ccc(OCC)cc4OCC)nc(-c4ccc(OCC)cc4OCC)c3)cc2)cc1. The first-order valence-corrected chi connectivity index (χ1v) is 23.2. The minimum atomic E-state index is 0.504. The Hall–Kier alpha value is -6.15. The standard InChI is InChI=1S/C55H66N2O6/c1-7-13-15-17-35-62-46-27-23-44(24-28-46)57(45-25-29-47(30-26-45)63-36-18-16-14-8-2)43-21-19-41(20-22-43)42-37-52(50-33-31-48(58-9-3)39-54(50)60-11-5)56-53(38-42)51-34-32-49(59-10-4)40-55(51)61-12-6/h19-34,37-40H,7-18,35-36H2,1-6H3. The van der Waals surface area contributed by atoms with E-state index in [1.807, 2.05) is 64.1 Å². The Balaban J connectivity index is 1.39. The van der Waals surface area contributed by atoms with Crippen molar-refractivity contribution in [2.45, 2.75) is 92.9 Å². The summed E-state index contributed by atoms with van der Waals surface area (Å²) in [5.74, 6) is 4.68. The van der Waals surface area contributed by atoms with Gasteiger partial charge in [-0.25, -0.2) is 4.98 Å². The Morgan fingerprint density at radius 2 is 0.762 bits per heavy atom. The van der Waals surface area contributed by atoms with Crippen molar-refractivity contribution < 1.29 is 28.4 Å². The predicted octanol–water partition coefficient (Wildman–Crippen LogP) is 15.1. The van der Waals surface area contributed by atoms with Crippen LogP contribution in [0.2, 0.25) is 0 Å². The fraction of sp³-hybridized carbons (Fsp3) is 0.364. The molecular formula is C55H66N2O6. The normalized spacial score (nSPS) is 11.0. The second kappa shape index (κ2) is 24.5. The van der Waals surface area contributed by atoms with Crippen LogP contribution in [0.5, 0.6) is 34.5 Å². The number of benzene rings is 5. The minimum Gasteiger partial charge on any atom is -0.494 e. The average molecular weight is 851 g/mol. The summed E-state index contributed by atoms with van der Waals surface area (Å²) in [5.41, 5.74) is 8.41. The zero-order chi connectivity index (χ0) is 44.2. The van der Waals surface area contributed by atoms with Crippen molar-refractivity contribution in [3.8, 4) is 68.1 Å². The van der Waals surface area contributed by atoms with Gasteiger partial charge in [0.2, 0.25) is 0 Å². The van der Waals surface area contributed by atoms with Gasteiger partial charge in [-0.1, -0.05) is 64.5 Å². The lowest BCUT2D eigenvalue weighted by Crippen LogP contribution is -2.10. The highest BCUT2D eigenvalue weighted by molar-refractivity contribution is 5.83. The number of unbranched alkanes of at least 4 members (excludes halogenated alkanes) is 6. The summed E-state index contributed by atoms with van der Waals surface area (Å²) < 4.78 is 36.4. The van der Waals surface area contributed by atoms with E-state index in [-0.39, 0.29) is 0 Å². The molecule has 6 rings (SSSR count). The molecule has 1 aromatic heterocycles. The third-order valence-electron chi connectivity index (χ3n) is 10.7. The summed E-state index contributed by atoms with van der Waals surface area (Å²) in [6.45, 7) is 16.0. The fourth-order valence-corrected chi connectivity index (χ4v) is 7.54. The molecule has 8 heteroatoms. The van der Waals surface area contributed by atoms with Gasteiger partial charge in [0.1, 0.15) is 34.5 Å². The van der Waals surface area contributed by atoms with Gasteiger partial charge in [0, 0.05) is 40.3 Å². The molecule has 8 nitrogen and oxygen atoms in total. The van der Waals surface area contributed by atoms with Gasteiger partial charge in [-0.2, -0.15) is 0 Å². The van der Waals surface area contributed by atoms with Crippen LogP contribution in [0.25, 0.3) is 33.6 Å². The van der Waals surface area contributed by atoms with Crippen molar-refractivity contribution in [1.82, 2.24) is 4.98 Å². The summed E-state index contributed by atoms with van der Waals surface area (Å²) >= 11 is 0. The Bertz CT molecular complexity index is 2140. The van der Waals surface area contributed by atoms with Crippen LogP contribution in [0.15, 0.2) is 121 Å². The van der Waals surface area contributed by atoms with Crippen molar-refractivity contribution in [2.24, 2.45) is 0 Å². The quantitative estimate of drug-likeness (QED) is 0.0500. The van der Waals surface area contributed by atoms with Crippen molar-refractivity contribution >= 4 is 17.1 Å². The Kier molecular flexibility index (Phi) is 18.0. The monoisotopic (exact) mass is 850 g/mol. The number of aromatic nitrogens is 1. The van der Waals surface area contributed by atoms with E-state index in [2.05, 4.69) is 104 Å². The van der Waals surface area contributed by atoms with Crippen LogP contribution in [-0.4, -0.2) is 44.6 Å². The molecule has 63 heavy (non-hydrogen) atoms. The molecule has 0 radical (unpaired) electrons. The smallest absolute Gasteiger partial charge is 0.132 e. The van der Waals surface area contributed by atoms with E-state index < -0.39 is 0 Å². The molecule has 1 heterocycles. The number of nitrogens with zero attached hydrogens (tertiary/aromatic N) is 2. The molecule has 0 unspecified atom stereocenters. The van der Waals surface area contributed by atoms with Crippen LogP contribution in [-0.2, 0) is 0 Å². The Morgan fingerprint density at radius 3 is 1.16 bits per heavy atom. The number of hydrogen-bond donors (Lipinski definition) is 0. The largest absolute Gasteiger partial charge is 0.494 e. The fourth-order valence-electron chi connectivity index (χ4n) is 7.54. The van der Waals surface area contributed by atoms with E-state index in [1.54, 1.807) is 0 Å². The highest BCUT2D eigenvalue weighted by Gasteiger charge is 2.18. The van der Waals surface area contributed by atoms with E-state index >= 15 is 0 Å². The van der Waals surface area contributed by atoms with Crippen LogP contribution >= 0.6 is 0 Å². The topological polar surface area (TPSA) is 71.5 Å². The van der Waals surface area contributed by atoms with Gasteiger partial charge in [0.05, 0.1) is 51.0 Å². The lowest BCUT2D eigenvalue weighted by Gasteiger charge is -2.26. The second-order valence-electron chi connectivity index (χ2n) is 15.4. The van der Waals surface area contributed by atoms with Gasteiger partial charge in [-0.15, -0.1) is 0 Å². The van der Waals surface area contributed by atoms with Gasteiger partial charge in [-0.3, -0.25) is 0 Å². The van der Waals surface area contributed by atoms with Crippen molar-refractivity contribution in [1.29, 1.82) is 0 Å². The molecule has 332 valence electrons. The maximum atomic E-state index is 6.20. The molecule has 0 aliphatic rings. The summed E-state index contributed by atoms with van der Waals surface area (Å²) in [7, 11) is 0. The maximum absolute atomic E-state index is 6.20. The van der Waals surface area contributed by atoms with Crippen molar-refractivity contribution in [3.63, 3.8) is 0 Å². The molecule has 0 fully saturated rings. The number of hydrogen-bond acceptors (Lipinski definition) is 8. The molecular weight excluding hydrogens is 785 g/mol.